The summed E-state index contributed by atoms with van der Waals surface area (Å²) in [6.07, 6.45) is 3.44. The molecule has 1 atom stereocenters. The molecule has 0 spiro atoms. The summed E-state index contributed by atoms with van der Waals surface area (Å²) in [6, 6.07) is 23.6. The van der Waals surface area contributed by atoms with E-state index in [1.54, 1.807) is 35.8 Å². The SMILES string of the molecule is O=C(NC1CC1)c1ccc(N(C(=O)C2Cc3ccccc3CN2C(=O)OCc2ccccc2)c2nccs2)cc1. The van der Waals surface area contributed by atoms with Crippen LogP contribution in [0.4, 0.5) is 15.6 Å². The van der Waals surface area contributed by atoms with Crippen LogP contribution < -0.4 is 10.2 Å². The predicted molar refractivity (Wildman–Crippen MR) is 152 cm³/mol. The number of benzene rings is 3. The lowest BCUT2D eigenvalue weighted by molar-refractivity contribution is -0.123. The molecule has 3 aromatic carbocycles. The molecule has 40 heavy (non-hydrogen) atoms. The highest BCUT2D eigenvalue weighted by Gasteiger charge is 2.39. The highest BCUT2D eigenvalue weighted by atomic mass is 32.1. The second-order valence-corrected chi connectivity index (χ2v) is 10.8. The van der Waals surface area contributed by atoms with Gasteiger partial charge >= 0.3 is 6.09 Å². The Kier molecular flexibility index (Phi) is 7.29. The standard InChI is InChI=1S/C31H28N4O4S/c36-28(33-25-12-13-25)22-10-14-26(15-11-22)35(30-32-16-17-40-30)29(37)27-18-23-8-4-5-9-24(23)19-34(27)31(38)39-20-21-6-2-1-3-7-21/h1-11,14-17,25,27H,12-13,18-20H2,(H,33,36). The highest BCUT2D eigenvalue weighted by molar-refractivity contribution is 7.13. The van der Waals surface area contributed by atoms with Gasteiger partial charge in [-0.05, 0) is 53.8 Å². The van der Waals surface area contributed by atoms with E-state index in [0.29, 0.717) is 22.8 Å². The topological polar surface area (TPSA) is 91.8 Å². The van der Waals surface area contributed by atoms with Crippen LogP contribution in [-0.2, 0) is 29.1 Å². The predicted octanol–water partition coefficient (Wildman–Crippen LogP) is 5.46. The molecule has 1 unspecified atom stereocenters. The van der Waals surface area contributed by atoms with Crippen LogP contribution in [0.3, 0.4) is 0 Å². The van der Waals surface area contributed by atoms with Gasteiger partial charge in [-0.15, -0.1) is 11.3 Å². The van der Waals surface area contributed by atoms with Crippen LogP contribution in [0.25, 0.3) is 0 Å². The summed E-state index contributed by atoms with van der Waals surface area (Å²) in [5, 5.41) is 5.27. The third kappa shape index (κ3) is 5.60. The number of aromatic nitrogens is 1. The summed E-state index contributed by atoms with van der Waals surface area (Å²) in [5.41, 5.74) is 3.96. The van der Waals surface area contributed by atoms with Crippen molar-refractivity contribution in [1.82, 2.24) is 15.2 Å². The van der Waals surface area contributed by atoms with E-state index in [1.165, 1.54) is 21.1 Å². The van der Waals surface area contributed by atoms with Crippen LogP contribution in [0.2, 0.25) is 0 Å². The zero-order valence-corrected chi connectivity index (χ0v) is 22.5. The minimum absolute atomic E-state index is 0.110. The Morgan fingerprint density at radius 1 is 0.950 bits per heavy atom. The minimum Gasteiger partial charge on any atom is -0.445 e. The van der Waals surface area contributed by atoms with Crippen LogP contribution in [0.1, 0.15) is 39.9 Å². The normalized spacial score (nSPS) is 16.1. The number of nitrogens with one attached hydrogen (secondary N) is 1. The molecular formula is C31H28N4O4S. The van der Waals surface area contributed by atoms with Gasteiger partial charge in [-0.1, -0.05) is 54.6 Å². The molecule has 1 fully saturated rings. The van der Waals surface area contributed by atoms with E-state index in [0.717, 1.165) is 29.5 Å². The largest absolute Gasteiger partial charge is 0.445 e. The number of ether oxygens (including phenoxy) is 1. The average molecular weight is 553 g/mol. The van der Waals surface area contributed by atoms with E-state index in [9.17, 15) is 14.4 Å². The van der Waals surface area contributed by atoms with Crippen LogP contribution in [0.15, 0.2) is 90.4 Å². The monoisotopic (exact) mass is 552 g/mol. The molecule has 8 nitrogen and oxygen atoms in total. The van der Waals surface area contributed by atoms with Gasteiger partial charge in [-0.3, -0.25) is 19.4 Å². The fraction of sp³-hybridized carbons (Fsp3) is 0.226. The van der Waals surface area contributed by atoms with Gasteiger partial charge in [0.1, 0.15) is 12.6 Å². The second-order valence-electron chi connectivity index (χ2n) is 9.94. The number of hydrogen-bond donors (Lipinski definition) is 1. The van der Waals surface area contributed by atoms with Gasteiger partial charge in [0, 0.05) is 29.6 Å². The lowest BCUT2D eigenvalue weighted by Crippen LogP contribution is -2.53. The second kappa shape index (κ2) is 11.3. The smallest absolute Gasteiger partial charge is 0.411 e. The first kappa shape index (κ1) is 25.8. The van der Waals surface area contributed by atoms with Gasteiger partial charge < -0.3 is 10.1 Å². The summed E-state index contributed by atoms with van der Waals surface area (Å²) in [6.45, 7) is 0.367. The quantitative estimate of drug-likeness (QED) is 0.329. The molecule has 202 valence electrons. The van der Waals surface area contributed by atoms with Crippen molar-refractivity contribution in [3.8, 4) is 0 Å². The summed E-state index contributed by atoms with van der Waals surface area (Å²) >= 11 is 1.33. The zero-order chi connectivity index (χ0) is 27.5. The van der Waals surface area contributed by atoms with Gasteiger partial charge in [0.2, 0.25) is 0 Å². The van der Waals surface area contributed by atoms with E-state index in [4.69, 9.17) is 4.74 Å². The first-order valence-electron chi connectivity index (χ1n) is 13.3. The van der Waals surface area contributed by atoms with E-state index in [1.807, 2.05) is 54.6 Å². The van der Waals surface area contributed by atoms with Crippen LogP contribution in [-0.4, -0.2) is 39.9 Å². The number of carbonyl (C=O) groups is 3. The number of amides is 3. The Labute approximate surface area is 236 Å². The molecule has 3 amide bonds. The molecular weight excluding hydrogens is 524 g/mol. The molecule has 1 aliphatic carbocycles. The van der Waals surface area contributed by atoms with E-state index < -0.39 is 12.1 Å². The van der Waals surface area contributed by atoms with Crippen molar-refractivity contribution < 1.29 is 19.1 Å². The molecule has 0 saturated heterocycles. The summed E-state index contributed by atoms with van der Waals surface area (Å²) in [7, 11) is 0. The molecule has 9 heteroatoms. The minimum atomic E-state index is -0.806. The van der Waals surface area contributed by atoms with Gasteiger partial charge in [-0.25, -0.2) is 9.78 Å². The first-order chi connectivity index (χ1) is 19.6. The maximum absolute atomic E-state index is 14.3. The van der Waals surface area contributed by atoms with Gasteiger partial charge in [0.25, 0.3) is 11.8 Å². The maximum atomic E-state index is 14.3. The van der Waals surface area contributed by atoms with Crippen LogP contribution >= 0.6 is 11.3 Å². The third-order valence-electron chi connectivity index (χ3n) is 7.10. The Morgan fingerprint density at radius 3 is 2.38 bits per heavy atom. The molecule has 2 heterocycles. The van der Waals surface area contributed by atoms with Crippen molar-refractivity contribution in [2.24, 2.45) is 0 Å². The van der Waals surface area contributed by atoms with Crippen LogP contribution in [0.5, 0.6) is 0 Å². The number of nitrogens with zero attached hydrogens (tertiary/aromatic N) is 3. The van der Waals surface area contributed by atoms with Crippen molar-refractivity contribution in [1.29, 1.82) is 0 Å². The molecule has 2 aliphatic rings. The number of rotatable bonds is 7. The van der Waals surface area contributed by atoms with E-state index in [2.05, 4.69) is 10.3 Å². The Morgan fingerprint density at radius 2 is 1.68 bits per heavy atom. The fourth-order valence-corrected chi connectivity index (χ4v) is 5.47. The first-order valence-corrected chi connectivity index (χ1v) is 14.1. The van der Waals surface area contributed by atoms with Crippen molar-refractivity contribution >= 4 is 40.1 Å². The lowest BCUT2D eigenvalue weighted by Gasteiger charge is -2.37. The van der Waals surface area contributed by atoms with E-state index in [-0.39, 0.29) is 31.0 Å². The molecule has 1 saturated carbocycles. The van der Waals surface area contributed by atoms with Gasteiger partial charge in [0.15, 0.2) is 5.13 Å². The number of thiazole rings is 1. The van der Waals surface area contributed by atoms with Crippen molar-refractivity contribution in [3.05, 3.63) is 113 Å². The Hall–Kier alpha value is -4.50. The maximum Gasteiger partial charge on any atom is 0.411 e. The fourth-order valence-electron chi connectivity index (χ4n) is 4.80. The van der Waals surface area contributed by atoms with Gasteiger partial charge in [0.05, 0.1) is 12.2 Å². The van der Waals surface area contributed by atoms with Crippen LogP contribution in [0, 0.1) is 0 Å². The summed E-state index contributed by atoms with van der Waals surface area (Å²) in [5.74, 6) is -0.423. The molecule has 0 bridgehead atoms. The number of hydrogen-bond acceptors (Lipinski definition) is 6. The molecule has 1 aromatic heterocycles. The van der Waals surface area contributed by atoms with E-state index >= 15 is 0 Å². The Balaban J connectivity index is 1.29. The third-order valence-corrected chi connectivity index (χ3v) is 7.86. The Bertz CT molecular complexity index is 1500. The molecule has 6 rings (SSSR count). The molecule has 1 aliphatic heterocycles. The average Bonchev–Trinajstić information content (AvgIpc) is 3.65. The number of fused-ring (bicyclic) bond motifs is 1. The summed E-state index contributed by atoms with van der Waals surface area (Å²) < 4.78 is 5.68. The summed E-state index contributed by atoms with van der Waals surface area (Å²) in [4.78, 5) is 47.7. The van der Waals surface area contributed by atoms with Gasteiger partial charge in [-0.2, -0.15) is 0 Å². The highest BCUT2D eigenvalue weighted by Crippen LogP contribution is 2.33. The van der Waals surface area contributed by atoms with Crippen molar-refractivity contribution in [2.75, 3.05) is 4.90 Å². The lowest BCUT2D eigenvalue weighted by atomic mass is 9.93. The number of anilines is 2. The molecule has 0 radical (unpaired) electrons. The van der Waals surface area contributed by atoms with Crippen molar-refractivity contribution in [2.45, 2.75) is 44.5 Å². The van der Waals surface area contributed by atoms with Crippen molar-refractivity contribution in [3.63, 3.8) is 0 Å². The number of carbonyl (C=O) groups excluding carboxylic acids is 3. The molecule has 1 N–H and O–H groups in total. The molecule has 4 aromatic rings. The zero-order valence-electron chi connectivity index (χ0n) is 21.7.